The zero-order valence-electron chi connectivity index (χ0n) is 18.3. The average Bonchev–Trinajstić information content (AvgIpc) is 2.84. The molecule has 166 valence electrons. The van der Waals surface area contributed by atoms with Crippen LogP contribution in [-0.2, 0) is 13.2 Å². The molecule has 0 atom stereocenters. The molecule has 0 N–H and O–H groups in total. The number of piperazine rings is 1. The Morgan fingerprint density at radius 3 is 2.34 bits per heavy atom. The minimum atomic E-state index is 0.493. The van der Waals surface area contributed by atoms with Crippen molar-refractivity contribution in [3.8, 4) is 11.5 Å². The number of ether oxygens (including phenoxy) is 2. The van der Waals surface area contributed by atoms with Crippen molar-refractivity contribution in [2.75, 3.05) is 33.3 Å². The molecule has 5 nitrogen and oxygen atoms in total. The van der Waals surface area contributed by atoms with E-state index < -0.39 is 0 Å². The van der Waals surface area contributed by atoms with Gasteiger partial charge in [-0.1, -0.05) is 54.1 Å². The van der Waals surface area contributed by atoms with E-state index in [0.717, 1.165) is 48.9 Å². The van der Waals surface area contributed by atoms with Crippen molar-refractivity contribution in [1.82, 2.24) is 9.91 Å². The maximum Gasteiger partial charge on any atom is 0.162 e. The van der Waals surface area contributed by atoms with Crippen LogP contribution < -0.4 is 9.47 Å². The molecule has 0 spiro atoms. The van der Waals surface area contributed by atoms with Crippen LogP contribution in [0.25, 0.3) is 0 Å². The van der Waals surface area contributed by atoms with Crippen molar-refractivity contribution in [1.29, 1.82) is 0 Å². The predicted octanol–water partition coefficient (Wildman–Crippen LogP) is 5.08. The lowest BCUT2D eigenvalue weighted by atomic mass is 10.2. The number of nitrogens with zero attached hydrogens (tertiary/aromatic N) is 3. The van der Waals surface area contributed by atoms with Crippen LogP contribution in [0.15, 0.2) is 77.9 Å². The highest BCUT2D eigenvalue weighted by Crippen LogP contribution is 2.28. The van der Waals surface area contributed by atoms with Crippen LogP contribution in [0.3, 0.4) is 0 Å². The van der Waals surface area contributed by atoms with Crippen LogP contribution in [0.1, 0.15) is 16.7 Å². The SMILES string of the molecule is COc1ccc(/C=N\N2CCN(Cc3ccc(Cl)cc3)CC2)cc1OCc1ccccc1. The van der Waals surface area contributed by atoms with Gasteiger partial charge in [0.15, 0.2) is 11.5 Å². The van der Waals surface area contributed by atoms with Crippen molar-refractivity contribution >= 4 is 17.8 Å². The van der Waals surface area contributed by atoms with Gasteiger partial charge in [0.25, 0.3) is 0 Å². The van der Waals surface area contributed by atoms with Gasteiger partial charge < -0.3 is 9.47 Å². The highest BCUT2D eigenvalue weighted by molar-refractivity contribution is 6.30. The summed E-state index contributed by atoms with van der Waals surface area (Å²) in [5.41, 5.74) is 3.38. The number of halogens is 1. The molecule has 1 saturated heterocycles. The fourth-order valence-electron chi connectivity index (χ4n) is 3.63. The number of hydrazone groups is 1. The van der Waals surface area contributed by atoms with E-state index in [0.29, 0.717) is 18.1 Å². The fraction of sp³-hybridized carbons (Fsp3) is 0.269. The number of hydrogen-bond acceptors (Lipinski definition) is 5. The molecule has 1 fully saturated rings. The van der Waals surface area contributed by atoms with Gasteiger partial charge in [-0.05, 0) is 47.0 Å². The van der Waals surface area contributed by atoms with E-state index in [1.54, 1.807) is 7.11 Å². The lowest BCUT2D eigenvalue weighted by Crippen LogP contribution is -2.43. The largest absolute Gasteiger partial charge is 0.493 e. The summed E-state index contributed by atoms with van der Waals surface area (Å²) >= 11 is 5.98. The normalized spacial score (nSPS) is 14.6. The molecule has 1 aliphatic rings. The van der Waals surface area contributed by atoms with Crippen molar-refractivity contribution < 1.29 is 9.47 Å². The number of methoxy groups -OCH3 is 1. The minimum absolute atomic E-state index is 0.493. The first kappa shape index (κ1) is 22.2. The van der Waals surface area contributed by atoms with Gasteiger partial charge >= 0.3 is 0 Å². The predicted molar refractivity (Wildman–Crippen MR) is 130 cm³/mol. The Labute approximate surface area is 194 Å². The molecule has 0 bridgehead atoms. The van der Waals surface area contributed by atoms with E-state index in [1.807, 2.05) is 66.9 Å². The first-order valence-corrected chi connectivity index (χ1v) is 11.2. The Bertz CT molecular complexity index is 1020. The van der Waals surface area contributed by atoms with E-state index in [4.69, 9.17) is 21.1 Å². The summed E-state index contributed by atoms with van der Waals surface area (Å²) in [5.74, 6) is 1.43. The summed E-state index contributed by atoms with van der Waals surface area (Å²) < 4.78 is 11.5. The Hall–Kier alpha value is -3.02. The topological polar surface area (TPSA) is 37.3 Å². The van der Waals surface area contributed by atoms with Crippen LogP contribution in [0.5, 0.6) is 11.5 Å². The van der Waals surface area contributed by atoms with E-state index in [9.17, 15) is 0 Å². The van der Waals surface area contributed by atoms with Crippen molar-refractivity contribution in [2.45, 2.75) is 13.2 Å². The summed E-state index contributed by atoms with van der Waals surface area (Å²) in [6.07, 6.45) is 1.89. The molecule has 0 saturated carbocycles. The smallest absolute Gasteiger partial charge is 0.162 e. The standard InChI is InChI=1S/C26H28ClN3O2/c1-31-25-12-9-23(17-26(25)32-20-22-5-3-2-4-6-22)18-28-30-15-13-29(14-16-30)19-21-7-10-24(27)11-8-21/h2-12,17-18H,13-16,19-20H2,1H3/b28-18-. The van der Waals surface area contributed by atoms with Crippen molar-refractivity contribution in [3.05, 3.63) is 94.5 Å². The Morgan fingerprint density at radius 1 is 0.875 bits per heavy atom. The zero-order valence-corrected chi connectivity index (χ0v) is 19.0. The molecule has 0 amide bonds. The highest BCUT2D eigenvalue weighted by atomic mass is 35.5. The minimum Gasteiger partial charge on any atom is -0.493 e. The molecule has 1 aliphatic heterocycles. The maximum atomic E-state index is 6.01. The molecule has 0 aromatic heterocycles. The molecule has 6 heteroatoms. The molecule has 0 unspecified atom stereocenters. The maximum absolute atomic E-state index is 6.01. The molecule has 3 aromatic carbocycles. The lowest BCUT2D eigenvalue weighted by molar-refractivity contribution is 0.131. The van der Waals surface area contributed by atoms with Gasteiger partial charge in [0, 0.05) is 37.7 Å². The van der Waals surface area contributed by atoms with Crippen LogP contribution in [0.4, 0.5) is 0 Å². The van der Waals surface area contributed by atoms with Gasteiger partial charge in [0.1, 0.15) is 6.61 Å². The van der Waals surface area contributed by atoms with E-state index in [-0.39, 0.29) is 0 Å². The fourth-order valence-corrected chi connectivity index (χ4v) is 3.75. The van der Waals surface area contributed by atoms with E-state index in [1.165, 1.54) is 5.56 Å². The second kappa shape index (κ2) is 11.0. The second-order valence-electron chi connectivity index (χ2n) is 7.79. The molecular weight excluding hydrogens is 422 g/mol. The lowest BCUT2D eigenvalue weighted by Gasteiger charge is -2.33. The summed E-state index contributed by atoms with van der Waals surface area (Å²) in [7, 11) is 1.65. The van der Waals surface area contributed by atoms with Gasteiger partial charge in [-0.2, -0.15) is 5.10 Å². The van der Waals surface area contributed by atoms with Gasteiger partial charge in [-0.3, -0.25) is 9.91 Å². The molecule has 0 radical (unpaired) electrons. The van der Waals surface area contributed by atoms with E-state index in [2.05, 4.69) is 27.1 Å². The Kier molecular flexibility index (Phi) is 7.64. The second-order valence-corrected chi connectivity index (χ2v) is 8.22. The average molecular weight is 450 g/mol. The van der Waals surface area contributed by atoms with Crippen LogP contribution in [-0.4, -0.2) is 49.4 Å². The zero-order chi connectivity index (χ0) is 22.2. The van der Waals surface area contributed by atoms with E-state index >= 15 is 0 Å². The number of benzene rings is 3. The van der Waals surface area contributed by atoms with Crippen LogP contribution in [0.2, 0.25) is 5.02 Å². The van der Waals surface area contributed by atoms with Crippen LogP contribution >= 0.6 is 11.6 Å². The van der Waals surface area contributed by atoms with Crippen molar-refractivity contribution in [3.63, 3.8) is 0 Å². The quantitative estimate of drug-likeness (QED) is 0.449. The monoisotopic (exact) mass is 449 g/mol. The molecular formula is C26H28ClN3O2. The third kappa shape index (κ3) is 6.25. The Morgan fingerprint density at radius 2 is 1.62 bits per heavy atom. The Balaban J connectivity index is 1.31. The summed E-state index contributed by atoms with van der Waals surface area (Å²) in [4.78, 5) is 2.44. The molecule has 4 rings (SSSR count). The number of hydrogen-bond donors (Lipinski definition) is 0. The third-order valence-electron chi connectivity index (χ3n) is 5.46. The van der Waals surface area contributed by atoms with Crippen LogP contribution in [0, 0.1) is 0 Å². The third-order valence-corrected chi connectivity index (χ3v) is 5.72. The van der Waals surface area contributed by atoms with Gasteiger partial charge in [-0.25, -0.2) is 0 Å². The highest BCUT2D eigenvalue weighted by Gasteiger charge is 2.15. The summed E-state index contributed by atoms with van der Waals surface area (Å²) in [6, 6.07) is 24.1. The van der Waals surface area contributed by atoms with Gasteiger partial charge in [0.05, 0.1) is 13.3 Å². The molecule has 32 heavy (non-hydrogen) atoms. The van der Waals surface area contributed by atoms with Crippen molar-refractivity contribution in [2.24, 2.45) is 5.10 Å². The summed E-state index contributed by atoms with van der Waals surface area (Å²) in [5, 5.41) is 7.59. The molecule has 1 heterocycles. The first-order valence-electron chi connectivity index (χ1n) is 10.8. The molecule has 3 aromatic rings. The first-order chi connectivity index (χ1) is 15.7. The van der Waals surface area contributed by atoms with Gasteiger partial charge in [-0.15, -0.1) is 0 Å². The van der Waals surface area contributed by atoms with Gasteiger partial charge in [0.2, 0.25) is 0 Å². The number of rotatable bonds is 8. The summed E-state index contributed by atoms with van der Waals surface area (Å²) in [6.45, 7) is 5.19. The molecule has 0 aliphatic carbocycles.